The van der Waals surface area contributed by atoms with Gasteiger partial charge in [-0.15, -0.1) is 0 Å². The van der Waals surface area contributed by atoms with E-state index in [-0.39, 0.29) is 0 Å². The Morgan fingerprint density at radius 3 is 2.15 bits per heavy atom. The molecule has 0 spiro atoms. The van der Waals surface area contributed by atoms with E-state index in [4.69, 9.17) is 0 Å². The molecule has 0 atom stereocenters. The number of carbonyl (C=O) groups excluding carboxylic acids is 1. The molecule has 0 saturated heterocycles. The summed E-state index contributed by atoms with van der Waals surface area (Å²) in [5.74, 6) is -4.12. The van der Waals surface area contributed by atoms with Crippen LogP contribution in [0.5, 0.6) is 0 Å². The van der Waals surface area contributed by atoms with Gasteiger partial charge in [-0.2, -0.15) is 4.99 Å². The van der Waals surface area contributed by atoms with Crippen molar-refractivity contribution in [3.8, 4) is 0 Å². The lowest BCUT2D eigenvalue weighted by molar-refractivity contribution is -0.140. The Labute approximate surface area is 72.6 Å². The molecule has 0 aromatic rings. The van der Waals surface area contributed by atoms with Gasteiger partial charge in [-0.05, 0) is 13.8 Å². The molecule has 0 rings (SSSR count). The van der Waals surface area contributed by atoms with Gasteiger partial charge in [0.15, 0.2) is 0 Å². The van der Waals surface area contributed by atoms with Gasteiger partial charge in [-0.25, -0.2) is 22.4 Å². The fourth-order valence-electron chi connectivity index (χ4n) is 0.817. The van der Waals surface area contributed by atoms with Crippen molar-refractivity contribution in [2.75, 3.05) is 0 Å². The lowest BCUT2D eigenvalue weighted by Gasteiger charge is -2.23. The first-order valence-electron chi connectivity index (χ1n) is 3.46. The van der Waals surface area contributed by atoms with Gasteiger partial charge in [0.25, 0.3) is 0 Å². The highest BCUT2D eigenvalue weighted by atomic mass is 19.3. The third-order valence-electron chi connectivity index (χ3n) is 1.34. The van der Waals surface area contributed by atoms with Gasteiger partial charge >= 0.3 is 12.3 Å². The van der Waals surface area contributed by atoms with E-state index in [0.29, 0.717) is 0 Å². The second kappa shape index (κ2) is 3.87. The Morgan fingerprint density at radius 2 is 1.85 bits per heavy atom. The zero-order chi connectivity index (χ0) is 10.7. The molecule has 0 aliphatic heterocycles. The molecule has 0 aromatic carbocycles. The average molecular weight is 199 g/mol. The van der Waals surface area contributed by atoms with Crippen LogP contribution in [0.3, 0.4) is 0 Å². The number of nitrogens with zero attached hydrogens (tertiary/aromatic N) is 1. The molecule has 0 aliphatic carbocycles. The van der Waals surface area contributed by atoms with Crippen LogP contribution in [0.1, 0.15) is 20.3 Å². The van der Waals surface area contributed by atoms with Crippen molar-refractivity contribution in [3.63, 3.8) is 0 Å². The summed E-state index contributed by atoms with van der Waals surface area (Å²) in [6, 6.07) is 0. The quantitative estimate of drug-likeness (QED) is 0.388. The van der Waals surface area contributed by atoms with Crippen molar-refractivity contribution in [1.82, 2.24) is 0 Å². The van der Waals surface area contributed by atoms with Crippen LogP contribution in [0, 0.1) is 0 Å². The smallest absolute Gasteiger partial charge is 0.211 e. The first-order chi connectivity index (χ1) is 5.71. The van der Waals surface area contributed by atoms with Crippen molar-refractivity contribution < 1.29 is 22.4 Å². The summed E-state index contributed by atoms with van der Waals surface area (Å²) in [7, 11) is 0. The van der Waals surface area contributed by atoms with Crippen LogP contribution >= 0.6 is 0 Å². The summed E-state index contributed by atoms with van der Waals surface area (Å²) in [6.07, 6.45) is -3.85. The van der Waals surface area contributed by atoms with Crippen molar-refractivity contribution in [3.05, 3.63) is 0 Å². The summed E-state index contributed by atoms with van der Waals surface area (Å²) in [4.78, 5) is 12.8. The van der Waals surface area contributed by atoms with Crippen LogP contribution < -0.4 is 0 Å². The molecule has 6 heteroatoms. The molecule has 0 radical (unpaired) electrons. The van der Waals surface area contributed by atoms with E-state index in [9.17, 15) is 22.4 Å². The van der Waals surface area contributed by atoms with Crippen LogP contribution in [0.2, 0.25) is 0 Å². The van der Waals surface area contributed by atoms with Crippen LogP contribution in [0.4, 0.5) is 17.6 Å². The molecule has 0 amide bonds. The molecule has 0 bridgehead atoms. The van der Waals surface area contributed by atoms with Crippen molar-refractivity contribution in [2.24, 2.45) is 4.99 Å². The number of halogens is 4. The van der Waals surface area contributed by atoms with Gasteiger partial charge in [-0.1, -0.05) is 0 Å². The minimum absolute atomic E-state index is 1.07. The fraction of sp³-hybridized carbons (Fsp3) is 0.857. The number of isocyanates is 1. The largest absolute Gasteiger partial charge is 0.309 e. The second-order valence-corrected chi connectivity index (χ2v) is 3.25. The monoisotopic (exact) mass is 199 g/mol. The van der Waals surface area contributed by atoms with E-state index in [2.05, 4.69) is 4.99 Å². The molecule has 76 valence electrons. The van der Waals surface area contributed by atoms with Gasteiger partial charge in [0.1, 0.15) is 0 Å². The zero-order valence-corrected chi connectivity index (χ0v) is 7.15. The normalized spacial score (nSPS) is 12.8. The molecule has 13 heavy (non-hydrogen) atoms. The summed E-state index contributed by atoms with van der Waals surface area (Å²) < 4.78 is 48.2. The highest BCUT2D eigenvalue weighted by molar-refractivity contribution is 5.34. The predicted molar refractivity (Wildman–Crippen MR) is 37.8 cm³/mol. The van der Waals surface area contributed by atoms with Crippen molar-refractivity contribution >= 4 is 6.08 Å². The molecule has 0 N–H and O–H groups in total. The Hall–Kier alpha value is -0.900. The molecular formula is C7H9F4NO. The van der Waals surface area contributed by atoms with E-state index < -0.39 is 24.3 Å². The second-order valence-electron chi connectivity index (χ2n) is 3.25. The van der Waals surface area contributed by atoms with Crippen molar-refractivity contribution in [2.45, 2.75) is 38.2 Å². The van der Waals surface area contributed by atoms with E-state index in [0.717, 1.165) is 19.9 Å². The van der Waals surface area contributed by atoms with E-state index in [1.165, 1.54) is 0 Å². The minimum atomic E-state index is -4.12. The third kappa shape index (κ3) is 4.03. The summed E-state index contributed by atoms with van der Waals surface area (Å²) in [5, 5.41) is 0. The minimum Gasteiger partial charge on any atom is -0.211 e. The molecule has 0 saturated carbocycles. The first kappa shape index (κ1) is 12.1. The Morgan fingerprint density at radius 1 is 1.38 bits per heavy atom. The number of rotatable bonds is 4. The summed E-state index contributed by atoms with van der Waals surface area (Å²) >= 11 is 0. The third-order valence-corrected chi connectivity index (χ3v) is 1.34. The molecule has 0 unspecified atom stereocenters. The maximum atomic E-state index is 12.4. The Bertz CT molecular complexity index is 221. The number of hydrogen-bond acceptors (Lipinski definition) is 2. The van der Waals surface area contributed by atoms with Gasteiger partial charge < -0.3 is 0 Å². The molecular weight excluding hydrogens is 190 g/mol. The zero-order valence-electron chi connectivity index (χ0n) is 7.15. The van der Waals surface area contributed by atoms with E-state index >= 15 is 0 Å². The summed E-state index contributed by atoms with van der Waals surface area (Å²) in [6.45, 7) is 2.32. The van der Waals surface area contributed by atoms with Gasteiger partial charge in [0.05, 0.1) is 5.54 Å². The molecule has 0 aliphatic rings. The van der Waals surface area contributed by atoms with Gasteiger partial charge in [0.2, 0.25) is 6.08 Å². The van der Waals surface area contributed by atoms with Gasteiger partial charge in [-0.3, -0.25) is 0 Å². The first-order valence-corrected chi connectivity index (χ1v) is 3.46. The highest BCUT2D eigenvalue weighted by Crippen LogP contribution is 2.33. The SMILES string of the molecule is CC(C)(CC(F)(F)C(F)F)N=C=O. The predicted octanol–water partition coefficient (Wildman–Crippen LogP) is 2.39. The lowest BCUT2D eigenvalue weighted by Crippen LogP contribution is -2.35. The molecule has 0 heterocycles. The highest BCUT2D eigenvalue weighted by Gasteiger charge is 2.45. The van der Waals surface area contributed by atoms with Crippen LogP contribution in [0.15, 0.2) is 4.99 Å². The van der Waals surface area contributed by atoms with Crippen LogP contribution in [0.25, 0.3) is 0 Å². The summed E-state index contributed by atoms with van der Waals surface area (Å²) in [5.41, 5.74) is -1.51. The van der Waals surface area contributed by atoms with Crippen molar-refractivity contribution in [1.29, 1.82) is 0 Å². The van der Waals surface area contributed by atoms with E-state index in [1.54, 1.807) is 0 Å². The average Bonchev–Trinajstić information content (AvgIpc) is 1.83. The maximum absolute atomic E-state index is 12.4. The topological polar surface area (TPSA) is 29.4 Å². The molecule has 0 fully saturated rings. The molecule has 0 aromatic heterocycles. The Kier molecular flexibility index (Phi) is 3.60. The maximum Gasteiger partial charge on any atom is 0.309 e. The lowest BCUT2D eigenvalue weighted by atomic mass is 9.97. The molecule has 2 nitrogen and oxygen atoms in total. The Balaban J connectivity index is 4.50. The fourth-order valence-corrected chi connectivity index (χ4v) is 0.817. The number of aliphatic imine (C=N–C) groups is 1. The van der Waals surface area contributed by atoms with Crippen LogP contribution in [-0.2, 0) is 4.79 Å². The van der Waals surface area contributed by atoms with Gasteiger partial charge in [0, 0.05) is 6.42 Å². The number of hydrogen-bond donors (Lipinski definition) is 0. The van der Waals surface area contributed by atoms with Crippen LogP contribution in [-0.4, -0.2) is 24.0 Å². The number of alkyl halides is 4. The van der Waals surface area contributed by atoms with E-state index in [1.807, 2.05) is 0 Å². The standard InChI is InChI=1S/C7H9F4NO/c1-6(2,12-4-13)3-7(10,11)5(8)9/h5H,3H2,1-2H3.